The molecule has 1 atom stereocenters. The topological polar surface area (TPSA) is 72.6 Å². The standard InChI is InChI=1S/C13H19FN2O3S/c1-19-11-3-2-6-16(9-11)20(17,18)12-4-5-13(14)10(7-12)8-15/h4-5,7,11H,2-3,6,8-9,15H2,1H3. The van der Waals surface area contributed by atoms with Crippen molar-refractivity contribution < 1.29 is 17.5 Å². The Balaban J connectivity index is 2.30. The second kappa shape index (κ2) is 6.17. The van der Waals surface area contributed by atoms with Crippen molar-refractivity contribution in [3.05, 3.63) is 29.6 Å². The summed E-state index contributed by atoms with van der Waals surface area (Å²) in [6, 6.07) is 3.73. The van der Waals surface area contributed by atoms with E-state index in [1.54, 1.807) is 7.11 Å². The lowest BCUT2D eigenvalue weighted by atomic mass is 10.1. The normalized spacial score (nSPS) is 21.1. The molecule has 112 valence electrons. The lowest BCUT2D eigenvalue weighted by molar-refractivity contribution is 0.0572. The van der Waals surface area contributed by atoms with Crippen molar-refractivity contribution in [2.75, 3.05) is 20.2 Å². The summed E-state index contributed by atoms with van der Waals surface area (Å²) in [6.45, 7) is 0.752. The minimum Gasteiger partial charge on any atom is -0.380 e. The van der Waals surface area contributed by atoms with Gasteiger partial charge in [0.15, 0.2) is 0 Å². The minimum atomic E-state index is -3.62. The number of halogens is 1. The Kier molecular flexibility index (Phi) is 4.74. The highest BCUT2D eigenvalue weighted by molar-refractivity contribution is 7.89. The number of nitrogens with zero attached hydrogens (tertiary/aromatic N) is 1. The van der Waals surface area contributed by atoms with Crippen molar-refractivity contribution in [1.82, 2.24) is 4.31 Å². The number of rotatable bonds is 4. The van der Waals surface area contributed by atoms with Gasteiger partial charge in [0, 0.05) is 32.3 Å². The van der Waals surface area contributed by atoms with E-state index in [0.29, 0.717) is 13.1 Å². The summed E-state index contributed by atoms with van der Waals surface area (Å²) in [5, 5.41) is 0. The zero-order valence-electron chi connectivity index (χ0n) is 11.4. The van der Waals surface area contributed by atoms with Gasteiger partial charge in [0.25, 0.3) is 0 Å². The van der Waals surface area contributed by atoms with E-state index in [1.165, 1.54) is 16.4 Å². The van der Waals surface area contributed by atoms with E-state index < -0.39 is 15.8 Å². The molecule has 0 spiro atoms. The van der Waals surface area contributed by atoms with Crippen LogP contribution in [-0.4, -0.2) is 39.0 Å². The van der Waals surface area contributed by atoms with Gasteiger partial charge in [-0.05, 0) is 31.0 Å². The van der Waals surface area contributed by atoms with E-state index >= 15 is 0 Å². The van der Waals surface area contributed by atoms with Gasteiger partial charge in [0.05, 0.1) is 11.0 Å². The third-order valence-electron chi connectivity index (χ3n) is 3.55. The Morgan fingerprint density at radius 3 is 2.90 bits per heavy atom. The molecule has 0 saturated carbocycles. The molecule has 1 unspecified atom stereocenters. The maximum Gasteiger partial charge on any atom is 0.243 e. The number of hydrogen-bond donors (Lipinski definition) is 1. The Morgan fingerprint density at radius 1 is 1.50 bits per heavy atom. The fourth-order valence-corrected chi connectivity index (χ4v) is 3.89. The molecule has 0 amide bonds. The van der Waals surface area contributed by atoms with Crippen LogP contribution in [0.4, 0.5) is 4.39 Å². The minimum absolute atomic E-state index is 0.0319. The molecule has 5 nitrogen and oxygen atoms in total. The van der Waals surface area contributed by atoms with Crippen LogP contribution in [0.1, 0.15) is 18.4 Å². The van der Waals surface area contributed by atoms with Gasteiger partial charge in [0.2, 0.25) is 10.0 Å². The fraction of sp³-hybridized carbons (Fsp3) is 0.538. The highest BCUT2D eigenvalue weighted by Gasteiger charge is 2.30. The Labute approximate surface area is 118 Å². The van der Waals surface area contributed by atoms with Crippen LogP contribution in [0, 0.1) is 5.82 Å². The summed E-state index contributed by atoms with van der Waals surface area (Å²) in [4.78, 5) is 0.0797. The second-order valence-electron chi connectivity index (χ2n) is 4.82. The molecule has 1 aromatic rings. The van der Waals surface area contributed by atoms with Crippen LogP contribution in [0.3, 0.4) is 0 Å². The zero-order chi connectivity index (χ0) is 14.8. The van der Waals surface area contributed by atoms with Gasteiger partial charge >= 0.3 is 0 Å². The molecule has 7 heteroatoms. The molecule has 0 aromatic heterocycles. The molecule has 20 heavy (non-hydrogen) atoms. The summed E-state index contributed by atoms with van der Waals surface area (Å²) < 4.78 is 45.1. The number of nitrogens with two attached hydrogens (primary N) is 1. The smallest absolute Gasteiger partial charge is 0.243 e. The molecular formula is C13H19FN2O3S. The van der Waals surface area contributed by atoms with Crippen LogP contribution in [-0.2, 0) is 21.3 Å². The maximum absolute atomic E-state index is 13.4. The van der Waals surface area contributed by atoms with Crippen molar-refractivity contribution in [3.63, 3.8) is 0 Å². The third-order valence-corrected chi connectivity index (χ3v) is 5.41. The maximum atomic E-state index is 13.4. The molecule has 2 N–H and O–H groups in total. The lowest BCUT2D eigenvalue weighted by Gasteiger charge is -2.31. The van der Waals surface area contributed by atoms with Crippen LogP contribution < -0.4 is 5.73 Å². The highest BCUT2D eigenvalue weighted by Crippen LogP contribution is 2.23. The molecule has 0 aliphatic carbocycles. The first-order valence-corrected chi connectivity index (χ1v) is 7.94. The predicted molar refractivity (Wildman–Crippen MR) is 73.1 cm³/mol. The summed E-state index contributed by atoms with van der Waals surface area (Å²) >= 11 is 0. The number of methoxy groups -OCH3 is 1. The first kappa shape index (κ1) is 15.4. The summed E-state index contributed by atoms with van der Waals surface area (Å²) in [7, 11) is -2.05. The van der Waals surface area contributed by atoms with Crippen molar-refractivity contribution in [3.8, 4) is 0 Å². The van der Waals surface area contributed by atoms with E-state index in [9.17, 15) is 12.8 Å². The third kappa shape index (κ3) is 3.01. The molecule has 0 bridgehead atoms. The van der Waals surface area contributed by atoms with Gasteiger partial charge in [0.1, 0.15) is 5.82 Å². The van der Waals surface area contributed by atoms with Crippen LogP contribution in [0.15, 0.2) is 23.1 Å². The number of hydrogen-bond acceptors (Lipinski definition) is 4. The van der Waals surface area contributed by atoms with Gasteiger partial charge < -0.3 is 10.5 Å². The number of piperidine rings is 1. The van der Waals surface area contributed by atoms with Crippen molar-refractivity contribution in [2.45, 2.75) is 30.4 Å². The molecular weight excluding hydrogens is 283 g/mol. The fourth-order valence-electron chi connectivity index (χ4n) is 2.33. The quantitative estimate of drug-likeness (QED) is 0.903. The Morgan fingerprint density at radius 2 is 2.25 bits per heavy atom. The SMILES string of the molecule is COC1CCCN(S(=O)(=O)c2ccc(F)c(CN)c2)C1. The van der Waals surface area contributed by atoms with E-state index in [1.807, 2.05) is 0 Å². The van der Waals surface area contributed by atoms with Gasteiger partial charge in [-0.25, -0.2) is 12.8 Å². The molecule has 1 saturated heterocycles. The Bertz CT molecular complexity index is 577. The highest BCUT2D eigenvalue weighted by atomic mass is 32.2. The number of benzene rings is 1. The van der Waals surface area contributed by atoms with Crippen molar-refractivity contribution in [2.24, 2.45) is 5.73 Å². The summed E-state index contributed by atoms with van der Waals surface area (Å²) in [5.41, 5.74) is 5.62. The van der Waals surface area contributed by atoms with Crippen LogP contribution in [0.25, 0.3) is 0 Å². The number of ether oxygens (including phenoxy) is 1. The largest absolute Gasteiger partial charge is 0.380 e. The van der Waals surface area contributed by atoms with Crippen LogP contribution in [0.2, 0.25) is 0 Å². The average molecular weight is 302 g/mol. The molecule has 0 radical (unpaired) electrons. The van der Waals surface area contributed by atoms with Gasteiger partial charge in [-0.3, -0.25) is 0 Å². The number of sulfonamides is 1. The van der Waals surface area contributed by atoms with Crippen LogP contribution >= 0.6 is 0 Å². The van der Waals surface area contributed by atoms with Gasteiger partial charge in [-0.1, -0.05) is 0 Å². The first-order valence-electron chi connectivity index (χ1n) is 6.50. The van der Waals surface area contributed by atoms with Gasteiger partial charge in [-0.2, -0.15) is 4.31 Å². The van der Waals surface area contributed by atoms with Crippen LogP contribution in [0.5, 0.6) is 0 Å². The molecule has 1 aromatic carbocycles. The molecule has 1 fully saturated rings. The van der Waals surface area contributed by atoms with E-state index in [0.717, 1.165) is 18.9 Å². The van der Waals surface area contributed by atoms with E-state index in [4.69, 9.17) is 10.5 Å². The van der Waals surface area contributed by atoms with Gasteiger partial charge in [-0.15, -0.1) is 0 Å². The monoisotopic (exact) mass is 302 g/mol. The molecule has 1 heterocycles. The van der Waals surface area contributed by atoms with E-state index in [2.05, 4.69) is 0 Å². The second-order valence-corrected chi connectivity index (χ2v) is 6.76. The molecule has 2 rings (SSSR count). The Hall–Kier alpha value is -1.02. The first-order chi connectivity index (χ1) is 9.48. The zero-order valence-corrected chi connectivity index (χ0v) is 12.2. The molecule has 1 aliphatic heterocycles. The van der Waals surface area contributed by atoms with Crippen molar-refractivity contribution >= 4 is 10.0 Å². The molecule has 1 aliphatic rings. The average Bonchev–Trinajstić information content (AvgIpc) is 2.47. The van der Waals surface area contributed by atoms with Crippen molar-refractivity contribution in [1.29, 1.82) is 0 Å². The summed E-state index contributed by atoms with van der Waals surface area (Å²) in [5.74, 6) is -0.486. The van der Waals surface area contributed by atoms with E-state index in [-0.39, 0.29) is 23.1 Å². The summed E-state index contributed by atoms with van der Waals surface area (Å²) in [6.07, 6.45) is 1.51. The lowest BCUT2D eigenvalue weighted by Crippen LogP contribution is -2.42. The predicted octanol–water partition coefficient (Wildman–Crippen LogP) is 1.08.